The Bertz CT molecular complexity index is 699. The third-order valence-electron chi connectivity index (χ3n) is 5.21. The standard InChI is InChI=1S/C19H21FN2O2/c20-16-7-5-14(6-8-16)11-21-9-1-3-15-12-22(13-17(15)21)19(23)18-4-2-10-24-18/h2,4-8,10,15,17H,1,3,9,11-13H2/t15-,17+/m1/s1. The molecule has 2 aliphatic heterocycles. The maximum absolute atomic E-state index is 13.1. The lowest BCUT2D eigenvalue weighted by atomic mass is 9.91. The van der Waals surface area contributed by atoms with Gasteiger partial charge in [-0.05, 0) is 55.1 Å². The Morgan fingerprint density at radius 2 is 2.04 bits per heavy atom. The third-order valence-corrected chi connectivity index (χ3v) is 5.21. The molecule has 0 spiro atoms. The van der Waals surface area contributed by atoms with Crippen molar-refractivity contribution in [2.75, 3.05) is 19.6 Å². The molecule has 0 saturated carbocycles. The lowest BCUT2D eigenvalue weighted by molar-refractivity contribution is 0.0743. The zero-order chi connectivity index (χ0) is 16.5. The van der Waals surface area contributed by atoms with E-state index in [4.69, 9.17) is 4.42 Å². The van der Waals surface area contributed by atoms with Crippen LogP contribution in [-0.2, 0) is 6.54 Å². The summed E-state index contributed by atoms with van der Waals surface area (Å²) >= 11 is 0. The lowest BCUT2D eigenvalue weighted by Gasteiger charge is -2.36. The second-order valence-electron chi connectivity index (χ2n) is 6.75. The number of benzene rings is 1. The molecule has 0 aliphatic carbocycles. The molecule has 2 saturated heterocycles. The highest BCUT2D eigenvalue weighted by atomic mass is 19.1. The van der Waals surface area contributed by atoms with Gasteiger partial charge >= 0.3 is 0 Å². The van der Waals surface area contributed by atoms with E-state index >= 15 is 0 Å². The Labute approximate surface area is 140 Å². The molecule has 24 heavy (non-hydrogen) atoms. The molecule has 4 nitrogen and oxygen atoms in total. The zero-order valence-corrected chi connectivity index (χ0v) is 13.5. The first kappa shape index (κ1) is 15.4. The van der Waals surface area contributed by atoms with Crippen LogP contribution in [0.25, 0.3) is 0 Å². The van der Waals surface area contributed by atoms with E-state index in [1.165, 1.54) is 18.4 Å². The number of hydrogen-bond donors (Lipinski definition) is 0. The van der Waals surface area contributed by atoms with Crippen LogP contribution in [-0.4, -0.2) is 41.4 Å². The van der Waals surface area contributed by atoms with Gasteiger partial charge in [0.25, 0.3) is 5.91 Å². The molecule has 1 amide bonds. The molecule has 126 valence electrons. The fourth-order valence-electron chi connectivity index (χ4n) is 4.02. The van der Waals surface area contributed by atoms with Crippen molar-refractivity contribution in [2.24, 2.45) is 5.92 Å². The molecule has 2 fully saturated rings. The van der Waals surface area contributed by atoms with Gasteiger partial charge in [0.2, 0.25) is 0 Å². The minimum Gasteiger partial charge on any atom is -0.459 e. The van der Waals surface area contributed by atoms with E-state index in [1.54, 1.807) is 12.1 Å². The maximum Gasteiger partial charge on any atom is 0.289 e. The molecule has 4 rings (SSSR count). The summed E-state index contributed by atoms with van der Waals surface area (Å²) in [7, 11) is 0. The summed E-state index contributed by atoms with van der Waals surface area (Å²) in [6, 6.07) is 10.6. The number of carbonyl (C=O) groups is 1. The first-order valence-corrected chi connectivity index (χ1v) is 8.52. The Morgan fingerprint density at radius 3 is 2.79 bits per heavy atom. The third kappa shape index (κ3) is 2.96. The topological polar surface area (TPSA) is 36.7 Å². The first-order valence-electron chi connectivity index (χ1n) is 8.52. The number of fused-ring (bicyclic) bond motifs is 1. The summed E-state index contributed by atoms with van der Waals surface area (Å²) in [6.07, 6.45) is 3.84. The summed E-state index contributed by atoms with van der Waals surface area (Å²) in [5, 5.41) is 0. The smallest absolute Gasteiger partial charge is 0.289 e. The molecule has 5 heteroatoms. The molecule has 1 aromatic carbocycles. The fraction of sp³-hybridized carbons (Fsp3) is 0.421. The van der Waals surface area contributed by atoms with E-state index in [9.17, 15) is 9.18 Å². The molecule has 1 aromatic heterocycles. The van der Waals surface area contributed by atoms with Crippen LogP contribution in [0.15, 0.2) is 47.1 Å². The number of amides is 1. The van der Waals surface area contributed by atoms with Crippen LogP contribution in [0, 0.1) is 11.7 Å². The molecule has 2 aliphatic rings. The van der Waals surface area contributed by atoms with Gasteiger partial charge in [-0.15, -0.1) is 0 Å². The van der Waals surface area contributed by atoms with E-state index in [0.717, 1.165) is 44.6 Å². The molecule has 0 bridgehead atoms. The highest BCUT2D eigenvalue weighted by Gasteiger charge is 2.41. The number of carbonyl (C=O) groups excluding carboxylic acids is 1. The van der Waals surface area contributed by atoms with Crippen molar-refractivity contribution >= 4 is 5.91 Å². The van der Waals surface area contributed by atoms with Crippen LogP contribution >= 0.6 is 0 Å². The molecule has 0 radical (unpaired) electrons. The largest absolute Gasteiger partial charge is 0.459 e. The van der Waals surface area contributed by atoms with Gasteiger partial charge in [-0.3, -0.25) is 9.69 Å². The van der Waals surface area contributed by atoms with E-state index in [0.29, 0.717) is 17.7 Å². The van der Waals surface area contributed by atoms with Crippen LogP contribution in [0.3, 0.4) is 0 Å². The minimum atomic E-state index is -0.202. The number of piperidine rings is 1. The normalized spacial score (nSPS) is 24.1. The van der Waals surface area contributed by atoms with E-state index in [2.05, 4.69) is 4.90 Å². The van der Waals surface area contributed by atoms with Crippen LogP contribution in [0.1, 0.15) is 29.0 Å². The molecule has 2 atom stereocenters. The molecule has 2 aromatic rings. The molecular weight excluding hydrogens is 307 g/mol. The second-order valence-corrected chi connectivity index (χ2v) is 6.75. The van der Waals surface area contributed by atoms with Crippen molar-refractivity contribution in [1.29, 1.82) is 0 Å². The molecular formula is C19H21FN2O2. The zero-order valence-electron chi connectivity index (χ0n) is 13.5. The number of rotatable bonds is 3. The Hall–Kier alpha value is -2.14. The monoisotopic (exact) mass is 328 g/mol. The Morgan fingerprint density at radius 1 is 1.21 bits per heavy atom. The van der Waals surface area contributed by atoms with Crippen molar-refractivity contribution < 1.29 is 13.6 Å². The van der Waals surface area contributed by atoms with Gasteiger partial charge in [0.15, 0.2) is 5.76 Å². The average Bonchev–Trinajstić information content (AvgIpc) is 3.26. The number of halogens is 1. The van der Waals surface area contributed by atoms with Gasteiger partial charge in [0.05, 0.1) is 6.26 Å². The first-order chi connectivity index (χ1) is 11.7. The van der Waals surface area contributed by atoms with Gasteiger partial charge in [-0.1, -0.05) is 12.1 Å². The summed E-state index contributed by atoms with van der Waals surface area (Å²) in [6.45, 7) is 3.38. The number of furan rings is 1. The number of nitrogens with zero attached hydrogens (tertiary/aromatic N) is 2. The van der Waals surface area contributed by atoms with Crippen molar-refractivity contribution in [3.05, 3.63) is 59.8 Å². The number of hydrogen-bond acceptors (Lipinski definition) is 3. The van der Waals surface area contributed by atoms with Crippen molar-refractivity contribution in [3.63, 3.8) is 0 Å². The van der Waals surface area contributed by atoms with Crippen LogP contribution in [0.4, 0.5) is 4.39 Å². The van der Waals surface area contributed by atoms with Gasteiger partial charge in [-0.25, -0.2) is 4.39 Å². The van der Waals surface area contributed by atoms with Crippen molar-refractivity contribution in [2.45, 2.75) is 25.4 Å². The molecule has 3 heterocycles. The Kier molecular flexibility index (Phi) is 4.10. The average molecular weight is 328 g/mol. The van der Waals surface area contributed by atoms with Crippen LogP contribution in [0.5, 0.6) is 0 Å². The van der Waals surface area contributed by atoms with Gasteiger partial charge in [-0.2, -0.15) is 0 Å². The van der Waals surface area contributed by atoms with E-state index < -0.39 is 0 Å². The molecule has 0 N–H and O–H groups in total. The van der Waals surface area contributed by atoms with Crippen molar-refractivity contribution in [3.8, 4) is 0 Å². The lowest BCUT2D eigenvalue weighted by Crippen LogP contribution is -2.44. The highest BCUT2D eigenvalue weighted by molar-refractivity contribution is 5.91. The summed E-state index contributed by atoms with van der Waals surface area (Å²) < 4.78 is 18.3. The minimum absolute atomic E-state index is 0.0175. The fourth-order valence-corrected chi connectivity index (χ4v) is 4.02. The molecule has 0 unspecified atom stereocenters. The summed E-state index contributed by atoms with van der Waals surface area (Å²) in [5.74, 6) is 0.708. The van der Waals surface area contributed by atoms with Gasteiger partial charge in [0.1, 0.15) is 5.82 Å². The van der Waals surface area contributed by atoms with E-state index in [-0.39, 0.29) is 11.7 Å². The van der Waals surface area contributed by atoms with Crippen molar-refractivity contribution in [1.82, 2.24) is 9.80 Å². The summed E-state index contributed by atoms with van der Waals surface area (Å²) in [5.41, 5.74) is 1.12. The van der Waals surface area contributed by atoms with Gasteiger partial charge < -0.3 is 9.32 Å². The summed E-state index contributed by atoms with van der Waals surface area (Å²) in [4.78, 5) is 16.9. The maximum atomic E-state index is 13.1. The highest BCUT2D eigenvalue weighted by Crippen LogP contribution is 2.32. The predicted molar refractivity (Wildman–Crippen MR) is 87.9 cm³/mol. The van der Waals surface area contributed by atoms with Gasteiger partial charge in [0, 0.05) is 25.7 Å². The SMILES string of the molecule is O=C(c1ccco1)N1C[C@H]2CCCN(Cc3ccc(F)cc3)[C@H]2C1. The second kappa shape index (κ2) is 6.40. The number of likely N-dealkylation sites (tertiary alicyclic amines) is 2. The van der Waals surface area contributed by atoms with E-state index in [1.807, 2.05) is 17.0 Å². The predicted octanol–water partition coefficient (Wildman–Crippen LogP) is 3.16. The quantitative estimate of drug-likeness (QED) is 0.868. The van der Waals surface area contributed by atoms with Crippen LogP contribution < -0.4 is 0 Å². The van der Waals surface area contributed by atoms with Crippen LogP contribution in [0.2, 0.25) is 0 Å². The Balaban J connectivity index is 1.46.